The van der Waals surface area contributed by atoms with E-state index in [1.807, 2.05) is 7.05 Å². The quantitative estimate of drug-likeness (QED) is 0.601. The highest BCUT2D eigenvalue weighted by Gasteiger charge is 2.49. The molecule has 1 fully saturated rings. The number of esters is 1. The molecule has 1 aliphatic rings. The fraction of sp³-hybridized carbons (Fsp3) is 0.727. The molecule has 1 heterocycles. The molecule has 0 amide bonds. The number of hydrogen-bond acceptors (Lipinski definition) is 6. The molecule has 0 bridgehead atoms. The lowest BCUT2D eigenvalue weighted by atomic mass is 9.97. The van der Waals surface area contributed by atoms with Crippen molar-refractivity contribution in [1.82, 2.24) is 14.8 Å². The van der Waals surface area contributed by atoms with Gasteiger partial charge in [0.2, 0.25) is 0 Å². The van der Waals surface area contributed by atoms with E-state index in [2.05, 4.69) is 10.1 Å². The molecule has 1 aromatic heterocycles. The molecule has 0 radical (unpaired) electrons. The smallest absolute Gasteiger partial charge is 0.327 e. The van der Waals surface area contributed by atoms with Crippen LogP contribution in [0.1, 0.15) is 19.8 Å². The van der Waals surface area contributed by atoms with Gasteiger partial charge in [-0.1, -0.05) is 11.8 Å². The maximum atomic E-state index is 12.0. The molecule has 1 aromatic rings. The molecule has 1 aliphatic carbocycles. The molecular weight excluding hydrogens is 252 g/mol. The first-order valence-electron chi connectivity index (χ1n) is 6.01. The second kappa shape index (κ2) is 5.27. The number of carbonyl (C=O) groups excluding carboxylic acids is 1. The number of rotatable bonds is 6. The van der Waals surface area contributed by atoms with Crippen LogP contribution in [0, 0.1) is 5.92 Å². The summed E-state index contributed by atoms with van der Waals surface area (Å²) in [5, 5.41) is 4.75. The van der Waals surface area contributed by atoms with Gasteiger partial charge in [-0.25, -0.2) is 9.67 Å². The number of ether oxygens (including phenoxy) is 1. The van der Waals surface area contributed by atoms with Gasteiger partial charge in [-0.3, -0.25) is 4.79 Å². The predicted octanol–water partition coefficient (Wildman–Crippen LogP) is 0.578. The Morgan fingerprint density at radius 2 is 2.44 bits per heavy atom. The first-order chi connectivity index (χ1) is 8.58. The average Bonchev–Trinajstić information content (AvgIpc) is 3.11. The van der Waals surface area contributed by atoms with Gasteiger partial charge in [0, 0.05) is 12.8 Å². The van der Waals surface area contributed by atoms with Crippen LogP contribution in [0.2, 0.25) is 0 Å². The first kappa shape index (κ1) is 13.4. The summed E-state index contributed by atoms with van der Waals surface area (Å²) in [7, 11) is 1.81. The Labute approximate surface area is 110 Å². The van der Waals surface area contributed by atoms with Crippen LogP contribution in [0.25, 0.3) is 0 Å². The third kappa shape index (κ3) is 2.67. The van der Waals surface area contributed by atoms with Crippen LogP contribution in [-0.4, -0.2) is 38.6 Å². The summed E-state index contributed by atoms with van der Waals surface area (Å²) in [6.07, 6.45) is 3.48. The van der Waals surface area contributed by atoms with E-state index in [0.717, 1.165) is 18.0 Å². The lowest BCUT2D eigenvalue weighted by molar-refractivity contribution is -0.149. The minimum Gasteiger partial charge on any atom is -0.465 e. The summed E-state index contributed by atoms with van der Waals surface area (Å²) in [5.41, 5.74) is 5.35. The zero-order chi connectivity index (χ0) is 13.2. The normalized spacial score (nSPS) is 18.4. The topological polar surface area (TPSA) is 83.0 Å². The lowest BCUT2D eigenvalue weighted by Crippen LogP contribution is -2.53. The van der Waals surface area contributed by atoms with Gasteiger partial charge >= 0.3 is 5.97 Å². The second-order valence-electron chi connectivity index (χ2n) is 4.49. The lowest BCUT2D eigenvalue weighted by Gasteiger charge is -2.26. The molecule has 0 aromatic carbocycles. The molecule has 0 saturated heterocycles. The number of aromatic nitrogens is 3. The van der Waals surface area contributed by atoms with Crippen molar-refractivity contribution < 1.29 is 9.53 Å². The van der Waals surface area contributed by atoms with Crippen LogP contribution < -0.4 is 5.73 Å². The monoisotopic (exact) mass is 270 g/mol. The Balaban J connectivity index is 2.02. The van der Waals surface area contributed by atoms with Gasteiger partial charge in [0.15, 0.2) is 5.16 Å². The molecule has 1 unspecified atom stereocenters. The van der Waals surface area contributed by atoms with Crippen LogP contribution in [0.3, 0.4) is 0 Å². The van der Waals surface area contributed by atoms with Crippen LogP contribution >= 0.6 is 11.8 Å². The minimum absolute atomic E-state index is 0.234. The highest BCUT2D eigenvalue weighted by molar-refractivity contribution is 7.99. The second-order valence-corrected chi connectivity index (χ2v) is 5.43. The van der Waals surface area contributed by atoms with Gasteiger partial charge in [-0.05, 0) is 25.7 Å². The third-order valence-electron chi connectivity index (χ3n) is 3.07. The van der Waals surface area contributed by atoms with Gasteiger partial charge in [-0.15, -0.1) is 0 Å². The number of carbonyl (C=O) groups is 1. The van der Waals surface area contributed by atoms with E-state index in [1.165, 1.54) is 18.1 Å². The Morgan fingerprint density at radius 1 is 1.72 bits per heavy atom. The van der Waals surface area contributed by atoms with Crippen molar-refractivity contribution in [3.63, 3.8) is 0 Å². The van der Waals surface area contributed by atoms with Gasteiger partial charge in [0.1, 0.15) is 11.9 Å². The van der Waals surface area contributed by atoms with Crippen molar-refractivity contribution in [3.05, 3.63) is 6.33 Å². The van der Waals surface area contributed by atoms with Crippen molar-refractivity contribution >= 4 is 17.7 Å². The van der Waals surface area contributed by atoms with Gasteiger partial charge in [0.25, 0.3) is 0 Å². The molecule has 100 valence electrons. The van der Waals surface area contributed by atoms with E-state index in [1.54, 1.807) is 11.6 Å². The predicted molar refractivity (Wildman–Crippen MR) is 68.0 cm³/mol. The van der Waals surface area contributed by atoms with Crippen molar-refractivity contribution in [2.45, 2.75) is 30.5 Å². The summed E-state index contributed by atoms with van der Waals surface area (Å²) < 4.78 is 6.76. The van der Waals surface area contributed by atoms with E-state index in [0.29, 0.717) is 12.4 Å². The maximum absolute atomic E-state index is 12.0. The van der Waals surface area contributed by atoms with Crippen LogP contribution in [-0.2, 0) is 16.6 Å². The average molecular weight is 270 g/mol. The van der Waals surface area contributed by atoms with E-state index in [-0.39, 0.29) is 11.9 Å². The van der Waals surface area contributed by atoms with E-state index in [4.69, 9.17) is 10.5 Å². The van der Waals surface area contributed by atoms with E-state index in [9.17, 15) is 4.79 Å². The van der Waals surface area contributed by atoms with Crippen molar-refractivity contribution in [3.8, 4) is 0 Å². The zero-order valence-corrected chi connectivity index (χ0v) is 11.4. The SMILES string of the molecule is CCOC(=O)C(N)(CSc1ncnn1C)C1CC1. The summed E-state index contributed by atoms with van der Waals surface area (Å²) in [5.74, 6) is 0.405. The maximum Gasteiger partial charge on any atom is 0.327 e. The number of nitrogens with zero attached hydrogens (tertiary/aromatic N) is 3. The van der Waals surface area contributed by atoms with Crippen LogP contribution in [0.4, 0.5) is 0 Å². The number of hydrogen-bond donors (Lipinski definition) is 1. The van der Waals surface area contributed by atoms with Gasteiger partial charge in [-0.2, -0.15) is 5.10 Å². The van der Waals surface area contributed by atoms with Crippen molar-refractivity contribution in [2.75, 3.05) is 12.4 Å². The number of thioether (sulfide) groups is 1. The molecular formula is C11H18N4O2S. The minimum atomic E-state index is -0.896. The zero-order valence-electron chi connectivity index (χ0n) is 10.6. The number of nitrogens with two attached hydrogens (primary N) is 1. The van der Waals surface area contributed by atoms with Crippen molar-refractivity contribution in [1.29, 1.82) is 0 Å². The van der Waals surface area contributed by atoms with E-state index < -0.39 is 5.54 Å². The standard InChI is InChI=1S/C11H18N4O2S/c1-3-17-9(16)11(12,8-4-5-8)6-18-10-13-7-14-15(10)2/h7-8H,3-6,12H2,1-2H3. The largest absolute Gasteiger partial charge is 0.465 e. The Morgan fingerprint density at radius 3 is 2.94 bits per heavy atom. The van der Waals surface area contributed by atoms with Crippen LogP contribution in [0.15, 0.2) is 11.5 Å². The molecule has 2 rings (SSSR count). The highest BCUT2D eigenvalue weighted by atomic mass is 32.2. The fourth-order valence-corrected chi connectivity index (χ4v) is 2.88. The van der Waals surface area contributed by atoms with Gasteiger partial charge in [0.05, 0.1) is 6.61 Å². The molecule has 1 atom stereocenters. The summed E-state index contributed by atoms with van der Waals surface area (Å²) in [6.45, 7) is 2.15. The number of aryl methyl sites for hydroxylation is 1. The first-order valence-corrected chi connectivity index (χ1v) is 6.99. The molecule has 6 nitrogen and oxygen atoms in total. The molecule has 1 saturated carbocycles. The Bertz CT molecular complexity index is 432. The third-order valence-corrected chi connectivity index (χ3v) is 4.32. The molecule has 18 heavy (non-hydrogen) atoms. The Kier molecular flexibility index (Phi) is 3.91. The summed E-state index contributed by atoms with van der Waals surface area (Å²) >= 11 is 1.45. The Hall–Kier alpha value is -1.08. The molecule has 7 heteroatoms. The molecule has 0 spiro atoms. The summed E-state index contributed by atoms with van der Waals surface area (Å²) in [4.78, 5) is 16.1. The van der Waals surface area contributed by atoms with Crippen LogP contribution in [0.5, 0.6) is 0 Å². The molecule has 0 aliphatic heterocycles. The van der Waals surface area contributed by atoms with Gasteiger partial charge < -0.3 is 10.5 Å². The highest BCUT2D eigenvalue weighted by Crippen LogP contribution is 2.41. The van der Waals surface area contributed by atoms with Crippen molar-refractivity contribution in [2.24, 2.45) is 18.7 Å². The van der Waals surface area contributed by atoms with E-state index >= 15 is 0 Å². The molecule has 2 N–H and O–H groups in total. The summed E-state index contributed by atoms with van der Waals surface area (Å²) in [6, 6.07) is 0. The fourth-order valence-electron chi connectivity index (χ4n) is 1.81.